The summed E-state index contributed by atoms with van der Waals surface area (Å²) in [5.41, 5.74) is 0.190. The van der Waals surface area contributed by atoms with Gasteiger partial charge in [-0.15, -0.1) is 6.58 Å². The molecule has 172 valence electrons. The van der Waals surface area contributed by atoms with Crippen molar-refractivity contribution >= 4 is 40.1 Å². The highest BCUT2D eigenvalue weighted by atomic mass is 35.5. The van der Waals surface area contributed by atoms with Crippen LogP contribution < -0.4 is 10.3 Å². The fourth-order valence-electron chi connectivity index (χ4n) is 5.27. The minimum absolute atomic E-state index is 0.0437. The van der Waals surface area contributed by atoms with E-state index in [2.05, 4.69) is 6.58 Å². The number of hydrogen-bond donors (Lipinski definition) is 0. The summed E-state index contributed by atoms with van der Waals surface area (Å²) in [5, 5.41) is 0.837. The smallest absolute Gasteiger partial charge is 0.291 e. The molecule has 6 nitrogen and oxygen atoms in total. The van der Waals surface area contributed by atoms with Crippen LogP contribution in [0.5, 0.6) is 0 Å². The van der Waals surface area contributed by atoms with Crippen molar-refractivity contribution in [3.05, 3.63) is 123 Å². The summed E-state index contributed by atoms with van der Waals surface area (Å²) >= 11 is 6.42. The first-order valence-corrected chi connectivity index (χ1v) is 11.5. The Kier molecular flexibility index (Phi) is 4.69. The lowest BCUT2D eigenvalue weighted by Crippen LogP contribution is -2.53. The quantitative estimate of drug-likeness (QED) is 0.389. The van der Waals surface area contributed by atoms with Crippen molar-refractivity contribution in [2.24, 2.45) is 0 Å². The summed E-state index contributed by atoms with van der Waals surface area (Å²) in [6.07, 6.45) is 1.54. The molecule has 7 heteroatoms. The van der Waals surface area contributed by atoms with Gasteiger partial charge in [-0.1, -0.05) is 66.2 Å². The van der Waals surface area contributed by atoms with E-state index in [0.29, 0.717) is 27.2 Å². The van der Waals surface area contributed by atoms with E-state index in [-0.39, 0.29) is 24.4 Å². The number of halogens is 1. The van der Waals surface area contributed by atoms with E-state index in [1.165, 1.54) is 4.90 Å². The molecule has 35 heavy (non-hydrogen) atoms. The molecule has 0 fully saturated rings. The molecule has 1 unspecified atom stereocenters. The zero-order valence-electron chi connectivity index (χ0n) is 18.5. The van der Waals surface area contributed by atoms with E-state index in [9.17, 15) is 14.4 Å². The van der Waals surface area contributed by atoms with E-state index < -0.39 is 22.8 Å². The van der Waals surface area contributed by atoms with Gasteiger partial charge in [-0.2, -0.15) is 0 Å². The number of rotatable bonds is 4. The summed E-state index contributed by atoms with van der Waals surface area (Å²) in [4.78, 5) is 45.0. The molecule has 2 amide bonds. The van der Waals surface area contributed by atoms with E-state index >= 15 is 0 Å². The molecule has 2 aliphatic heterocycles. The average molecular weight is 483 g/mol. The lowest BCUT2D eigenvalue weighted by atomic mass is 9.84. The first-order valence-electron chi connectivity index (χ1n) is 11.1. The van der Waals surface area contributed by atoms with Crippen LogP contribution >= 0.6 is 11.6 Å². The van der Waals surface area contributed by atoms with Gasteiger partial charge < -0.3 is 14.2 Å². The number of benzene rings is 3. The third-order valence-electron chi connectivity index (χ3n) is 6.74. The second-order valence-electron chi connectivity index (χ2n) is 8.55. The average Bonchev–Trinajstić information content (AvgIpc) is 3.26. The molecule has 0 radical (unpaired) electrons. The zero-order valence-corrected chi connectivity index (χ0v) is 19.3. The lowest BCUT2D eigenvalue weighted by molar-refractivity contribution is -0.126. The number of carbonyl (C=O) groups is 2. The standard InChI is InChI=1S/C28H19ClN2O4/c1-2-15-31-26(33)25-23(24(32)18-10-4-8-14-22(18)35-25)28(31)19-11-5-7-13-21(19)30(27(28)34)16-17-9-3-6-12-20(17)29/h2-14H,1,15-16H2. The van der Waals surface area contributed by atoms with Gasteiger partial charge in [0.15, 0.2) is 11.0 Å². The summed E-state index contributed by atoms with van der Waals surface area (Å²) in [6, 6.07) is 21.2. The molecule has 3 aromatic carbocycles. The van der Waals surface area contributed by atoms with Gasteiger partial charge in [-0.25, -0.2) is 0 Å². The normalized spacial score (nSPS) is 18.4. The van der Waals surface area contributed by atoms with Crippen molar-refractivity contribution in [3.63, 3.8) is 0 Å². The van der Waals surface area contributed by atoms with Crippen molar-refractivity contribution < 1.29 is 14.0 Å². The molecular formula is C28H19ClN2O4. The summed E-state index contributed by atoms with van der Waals surface area (Å²) in [6.45, 7) is 4.02. The molecule has 3 heterocycles. The Labute approximate surface area is 205 Å². The van der Waals surface area contributed by atoms with Gasteiger partial charge in [-0.3, -0.25) is 14.4 Å². The minimum atomic E-state index is -1.66. The molecule has 1 atom stereocenters. The monoisotopic (exact) mass is 482 g/mol. The third-order valence-corrected chi connectivity index (χ3v) is 7.11. The SMILES string of the molecule is C=CCN1C(=O)c2oc3ccccc3c(=O)c2C12C(=O)N(Cc1ccccc1Cl)c1ccccc12. The Morgan fingerprint density at radius 2 is 1.66 bits per heavy atom. The van der Waals surface area contributed by atoms with Crippen molar-refractivity contribution in [1.82, 2.24) is 4.90 Å². The van der Waals surface area contributed by atoms with Gasteiger partial charge in [0.2, 0.25) is 5.76 Å². The zero-order chi connectivity index (χ0) is 24.3. The maximum Gasteiger partial charge on any atom is 0.291 e. The highest BCUT2D eigenvalue weighted by Crippen LogP contribution is 2.52. The predicted octanol–water partition coefficient (Wildman–Crippen LogP) is 4.88. The van der Waals surface area contributed by atoms with Gasteiger partial charge in [0, 0.05) is 17.1 Å². The van der Waals surface area contributed by atoms with E-state index in [1.807, 2.05) is 30.3 Å². The second-order valence-corrected chi connectivity index (χ2v) is 8.95. The van der Waals surface area contributed by atoms with Crippen LogP contribution in [0.2, 0.25) is 5.02 Å². The van der Waals surface area contributed by atoms with Crippen LogP contribution in [0.4, 0.5) is 5.69 Å². The largest absolute Gasteiger partial charge is 0.450 e. The number of anilines is 1. The fraction of sp³-hybridized carbons (Fsp3) is 0.107. The highest BCUT2D eigenvalue weighted by Gasteiger charge is 2.64. The first-order chi connectivity index (χ1) is 17.0. The topological polar surface area (TPSA) is 70.8 Å². The van der Waals surface area contributed by atoms with Crippen molar-refractivity contribution in [1.29, 1.82) is 0 Å². The molecule has 6 rings (SSSR count). The number of nitrogens with zero attached hydrogens (tertiary/aromatic N) is 2. The third kappa shape index (κ3) is 2.74. The Balaban J connectivity index is 1.67. The summed E-state index contributed by atoms with van der Waals surface area (Å²) in [7, 11) is 0. The number of amides is 2. The molecule has 0 bridgehead atoms. The van der Waals surface area contributed by atoms with Crippen molar-refractivity contribution in [3.8, 4) is 0 Å². The van der Waals surface area contributed by atoms with Crippen molar-refractivity contribution in [2.45, 2.75) is 12.1 Å². The van der Waals surface area contributed by atoms with Gasteiger partial charge in [-0.05, 0) is 29.8 Å². The molecule has 0 saturated heterocycles. The van der Waals surface area contributed by atoms with Gasteiger partial charge >= 0.3 is 0 Å². The van der Waals surface area contributed by atoms with Crippen LogP contribution in [-0.4, -0.2) is 23.3 Å². The molecular weight excluding hydrogens is 464 g/mol. The highest BCUT2D eigenvalue weighted by molar-refractivity contribution is 6.31. The van der Waals surface area contributed by atoms with Crippen LogP contribution in [0.3, 0.4) is 0 Å². The van der Waals surface area contributed by atoms with E-state index in [0.717, 1.165) is 5.56 Å². The van der Waals surface area contributed by atoms with Crippen molar-refractivity contribution in [2.75, 3.05) is 11.4 Å². The maximum absolute atomic E-state index is 14.5. The van der Waals surface area contributed by atoms with Gasteiger partial charge in [0.25, 0.3) is 11.8 Å². The Morgan fingerprint density at radius 1 is 0.943 bits per heavy atom. The van der Waals surface area contributed by atoms with Crippen LogP contribution in [0.15, 0.2) is 94.7 Å². The van der Waals surface area contributed by atoms with Gasteiger partial charge in [0.05, 0.1) is 23.2 Å². The molecule has 1 spiro atoms. The second kappa shape index (κ2) is 7.68. The number of para-hydroxylation sites is 2. The Morgan fingerprint density at radius 3 is 2.46 bits per heavy atom. The predicted molar refractivity (Wildman–Crippen MR) is 134 cm³/mol. The Hall–Kier alpha value is -4.16. The number of fused-ring (bicyclic) bond motifs is 5. The molecule has 2 aliphatic rings. The molecule has 4 aromatic rings. The van der Waals surface area contributed by atoms with Crippen LogP contribution in [0, 0.1) is 0 Å². The fourth-order valence-corrected chi connectivity index (χ4v) is 5.47. The van der Waals surface area contributed by atoms with Crippen LogP contribution in [0.1, 0.15) is 27.2 Å². The van der Waals surface area contributed by atoms with Crippen LogP contribution in [-0.2, 0) is 16.9 Å². The molecule has 1 aromatic heterocycles. The maximum atomic E-state index is 14.5. The number of hydrogen-bond acceptors (Lipinski definition) is 4. The van der Waals surface area contributed by atoms with Gasteiger partial charge in [0.1, 0.15) is 5.58 Å². The molecule has 0 N–H and O–H groups in total. The molecule has 0 aliphatic carbocycles. The lowest BCUT2D eigenvalue weighted by Gasteiger charge is -2.33. The molecule has 0 saturated carbocycles. The summed E-state index contributed by atoms with van der Waals surface area (Å²) in [5.74, 6) is -1.04. The Bertz CT molecular complexity index is 1630. The number of carbonyl (C=O) groups excluding carboxylic acids is 2. The minimum Gasteiger partial charge on any atom is -0.450 e. The van der Waals surface area contributed by atoms with E-state index in [1.54, 1.807) is 53.4 Å². The summed E-state index contributed by atoms with van der Waals surface area (Å²) < 4.78 is 5.98. The van der Waals surface area contributed by atoms with Crippen LogP contribution in [0.25, 0.3) is 11.0 Å². The first kappa shape index (κ1) is 21.4. The van der Waals surface area contributed by atoms with E-state index in [4.69, 9.17) is 16.0 Å².